The van der Waals surface area contributed by atoms with Crippen LogP contribution < -0.4 is 26.6 Å². The highest BCUT2D eigenvalue weighted by atomic mass is 16.5. The summed E-state index contributed by atoms with van der Waals surface area (Å²) in [6.45, 7) is -0.00135. The van der Waals surface area contributed by atoms with Gasteiger partial charge in [-0.25, -0.2) is 5.43 Å². The van der Waals surface area contributed by atoms with Crippen molar-refractivity contribution in [1.29, 1.82) is 0 Å². The molecule has 1 aromatic carbocycles. The monoisotopic (exact) mass is 250 g/mol. The van der Waals surface area contributed by atoms with Crippen molar-refractivity contribution >= 4 is 17.5 Å². The number of amides is 2. The van der Waals surface area contributed by atoms with Crippen LogP contribution in [0.1, 0.15) is 11.6 Å². The molecule has 5 N–H and O–H groups in total. The van der Waals surface area contributed by atoms with E-state index in [0.29, 0.717) is 17.0 Å². The second-order valence-electron chi connectivity index (χ2n) is 3.81. The smallest absolute Gasteiger partial charge is 0.262 e. The number of hydrogen-bond donors (Lipinski definition) is 4. The van der Waals surface area contributed by atoms with Crippen LogP contribution in [0.15, 0.2) is 18.2 Å². The highest BCUT2D eigenvalue weighted by molar-refractivity contribution is 5.95. The van der Waals surface area contributed by atoms with Gasteiger partial charge in [0.05, 0.1) is 5.69 Å². The molecule has 7 nitrogen and oxygen atoms in total. The summed E-state index contributed by atoms with van der Waals surface area (Å²) in [6, 6.07) is 4.18. The summed E-state index contributed by atoms with van der Waals surface area (Å²) in [4.78, 5) is 22.7. The third-order valence-corrected chi connectivity index (χ3v) is 2.53. The lowest BCUT2D eigenvalue weighted by Gasteiger charge is -2.20. The number of anilines is 1. The number of fused-ring (bicyclic) bond motifs is 1. The number of carbonyl (C=O) groups excluding carboxylic acids is 2. The number of rotatable bonds is 3. The van der Waals surface area contributed by atoms with Crippen molar-refractivity contribution < 1.29 is 14.3 Å². The van der Waals surface area contributed by atoms with E-state index in [9.17, 15) is 9.59 Å². The molecule has 0 saturated heterocycles. The molecule has 0 radical (unpaired) electrons. The second-order valence-corrected chi connectivity index (χ2v) is 3.81. The minimum Gasteiger partial charge on any atom is -0.482 e. The van der Waals surface area contributed by atoms with Crippen LogP contribution in [-0.2, 0) is 9.59 Å². The zero-order valence-corrected chi connectivity index (χ0v) is 9.82. The highest BCUT2D eigenvalue weighted by Crippen LogP contribution is 2.30. The Morgan fingerprint density at radius 1 is 1.56 bits per heavy atom. The molecule has 7 heteroatoms. The summed E-state index contributed by atoms with van der Waals surface area (Å²) < 4.78 is 5.21. The summed E-state index contributed by atoms with van der Waals surface area (Å²) in [5.74, 6) is -0.0204. The van der Waals surface area contributed by atoms with Gasteiger partial charge < -0.3 is 15.8 Å². The van der Waals surface area contributed by atoms with E-state index in [1.807, 2.05) is 0 Å². The normalized spacial score (nSPS) is 15.1. The third kappa shape index (κ3) is 2.41. The molecular formula is C11H14N4O3. The lowest BCUT2D eigenvalue weighted by molar-refractivity contribution is -0.123. The van der Waals surface area contributed by atoms with Crippen molar-refractivity contribution in [3.63, 3.8) is 0 Å². The van der Waals surface area contributed by atoms with Crippen LogP contribution in [0.4, 0.5) is 5.69 Å². The van der Waals surface area contributed by atoms with Crippen LogP contribution >= 0.6 is 0 Å². The minimum atomic E-state index is -0.818. The van der Waals surface area contributed by atoms with Crippen LogP contribution in [0, 0.1) is 0 Å². The number of hydrogen-bond acceptors (Lipinski definition) is 5. The number of ether oxygens (including phenoxy) is 1. The van der Waals surface area contributed by atoms with Gasteiger partial charge >= 0.3 is 0 Å². The summed E-state index contributed by atoms with van der Waals surface area (Å²) in [5.41, 5.74) is 11.8. The largest absolute Gasteiger partial charge is 0.482 e. The molecule has 1 atom stereocenters. The molecule has 18 heavy (non-hydrogen) atoms. The first-order valence-corrected chi connectivity index (χ1v) is 5.40. The first kappa shape index (κ1) is 12.3. The molecule has 2 amide bonds. The van der Waals surface area contributed by atoms with Crippen molar-refractivity contribution in [2.75, 3.05) is 19.0 Å². The molecule has 0 spiro atoms. The van der Waals surface area contributed by atoms with Crippen LogP contribution in [0.5, 0.6) is 5.75 Å². The fraction of sp³-hybridized carbons (Fsp3) is 0.273. The third-order valence-electron chi connectivity index (χ3n) is 2.53. The van der Waals surface area contributed by atoms with Gasteiger partial charge in [-0.2, -0.15) is 0 Å². The maximum Gasteiger partial charge on any atom is 0.262 e. The Kier molecular flexibility index (Phi) is 3.45. The van der Waals surface area contributed by atoms with Gasteiger partial charge in [0.2, 0.25) is 0 Å². The van der Waals surface area contributed by atoms with E-state index in [1.165, 1.54) is 0 Å². The van der Waals surface area contributed by atoms with Gasteiger partial charge in [-0.05, 0) is 17.7 Å². The van der Waals surface area contributed by atoms with Gasteiger partial charge in [-0.15, -0.1) is 0 Å². The summed E-state index contributed by atoms with van der Waals surface area (Å²) in [6.07, 6.45) is 0. The van der Waals surface area contributed by atoms with Gasteiger partial charge in [0.1, 0.15) is 11.8 Å². The maximum absolute atomic E-state index is 11.6. The van der Waals surface area contributed by atoms with Gasteiger partial charge in [0.15, 0.2) is 6.61 Å². The Hall–Kier alpha value is -2.12. The van der Waals surface area contributed by atoms with Crippen LogP contribution in [0.2, 0.25) is 0 Å². The molecule has 2 rings (SSSR count). The van der Waals surface area contributed by atoms with Crippen LogP contribution in [-0.4, -0.2) is 25.5 Å². The van der Waals surface area contributed by atoms with E-state index in [2.05, 4.69) is 16.2 Å². The molecular weight excluding hydrogens is 236 g/mol. The Morgan fingerprint density at radius 2 is 2.33 bits per heavy atom. The van der Waals surface area contributed by atoms with E-state index < -0.39 is 6.04 Å². The van der Waals surface area contributed by atoms with E-state index in [1.54, 1.807) is 25.2 Å². The lowest BCUT2D eigenvalue weighted by atomic mass is 10.1. The molecule has 1 aliphatic heterocycles. The quantitative estimate of drug-likeness (QED) is 0.529. The average Bonchev–Trinajstić information content (AvgIpc) is 2.37. The topological polar surface area (TPSA) is 105 Å². The molecule has 0 saturated carbocycles. The first-order valence-electron chi connectivity index (χ1n) is 5.40. The maximum atomic E-state index is 11.6. The Morgan fingerprint density at radius 3 is 3.06 bits per heavy atom. The second kappa shape index (κ2) is 5.03. The zero-order valence-electron chi connectivity index (χ0n) is 9.82. The molecule has 96 valence electrons. The van der Waals surface area contributed by atoms with E-state index in [-0.39, 0.29) is 18.4 Å². The number of nitrogens with one attached hydrogen (secondary N) is 3. The van der Waals surface area contributed by atoms with Crippen LogP contribution in [0.25, 0.3) is 0 Å². The Bertz CT molecular complexity index is 489. The number of carbonyl (C=O) groups is 2. The lowest BCUT2D eigenvalue weighted by Crippen LogP contribution is -2.40. The van der Waals surface area contributed by atoms with E-state index in [0.717, 1.165) is 0 Å². The Labute approximate surface area is 104 Å². The first-order chi connectivity index (χ1) is 8.61. The SMILES string of the molecule is CNNC(=O)C(N)c1ccc2c(c1)NC(=O)CO2. The number of benzene rings is 1. The van der Waals surface area contributed by atoms with Crippen molar-refractivity contribution in [3.05, 3.63) is 23.8 Å². The summed E-state index contributed by atoms with van der Waals surface area (Å²) in [5, 5.41) is 2.66. The number of nitrogens with two attached hydrogens (primary N) is 1. The van der Waals surface area contributed by atoms with Crippen molar-refractivity contribution in [3.8, 4) is 5.75 Å². The predicted molar refractivity (Wildman–Crippen MR) is 64.7 cm³/mol. The Balaban J connectivity index is 2.22. The molecule has 1 unspecified atom stereocenters. The predicted octanol–water partition coefficient (Wildman–Crippen LogP) is -0.732. The van der Waals surface area contributed by atoms with Gasteiger partial charge in [0.25, 0.3) is 11.8 Å². The average molecular weight is 250 g/mol. The van der Waals surface area contributed by atoms with E-state index >= 15 is 0 Å². The zero-order chi connectivity index (χ0) is 13.1. The molecule has 0 aromatic heterocycles. The number of hydrazine groups is 1. The van der Waals surface area contributed by atoms with Gasteiger partial charge in [-0.3, -0.25) is 15.0 Å². The van der Waals surface area contributed by atoms with Crippen molar-refractivity contribution in [1.82, 2.24) is 10.9 Å². The molecule has 0 fully saturated rings. The van der Waals surface area contributed by atoms with Gasteiger partial charge in [-0.1, -0.05) is 6.07 Å². The highest BCUT2D eigenvalue weighted by Gasteiger charge is 2.20. The van der Waals surface area contributed by atoms with Crippen molar-refractivity contribution in [2.24, 2.45) is 5.73 Å². The molecule has 1 aliphatic rings. The molecule has 0 bridgehead atoms. The van der Waals surface area contributed by atoms with E-state index in [4.69, 9.17) is 10.5 Å². The fourth-order valence-corrected chi connectivity index (χ4v) is 1.65. The molecule has 1 heterocycles. The van der Waals surface area contributed by atoms with Crippen molar-refractivity contribution in [2.45, 2.75) is 6.04 Å². The van der Waals surface area contributed by atoms with Gasteiger partial charge in [0, 0.05) is 7.05 Å². The molecule has 1 aromatic rings. The fourth-order valence-electron chi connectivity index (χ4n) is 1.65. The van der Waals surface area contributed by atoms with Crippen LogP contribution in [0.3, 0.4) is 0 Å². The standard InChI is InChI=1S/C11H14N4O3/c1-13-15-11(17)10(12)6-2-3-8-7(4-6)14-9(16)5-18-8/h2-4,10,13H,5,12H2,1H3,(H,14,16)(H,15,17). The molecule has 0 aliphatic carbocycles. The summed E-state index contributed by atoms with van der Waals surface area (Å²) in [7, 11) is 1.57. The minimum absolute atomic E-state index is 0.00135. The summed E-state index contributed by atoms with van der Waals surface area (Å²) >= 11 is 0.